The van der Waals surface area contributed by atoms with E-state index >= 15 is 0 Å². The van der Waals surface area contributed by atoms with Gasteiger partial charge < -0.3 is 14.2 Å². The molecule has 0 aromatic carbocycles. The molecular weight excluding hydrogens is 412 g/mol. The Kier molecular flexibility index (Phi) is 5.32. The fourth-order valence-electron chi connectivity index (χ4n) is 10.6. The van der Waals surface area contributed by atoms with E-state index in [0.29, 0.717) is 34.7 Å². The zero-order chi connectivity index (χ0) is 23.2. The van der Waals surface area contributed by atoms with Crippen LogP contribution in [0.15, 0.2) is 0 Å². The molecule has 4 aliphatic carbocycles. The van der Waals surface area contributed by atoms with Crippen molar-refractivity contribution in [1.82, 2.24) is 0 Å². The van der Waals surface area contributed by atoms with Crippen molar-refractivity contribution in [3.8, 4) is 0 Å². The Labute approximate surface area is 200 Å². The highest BCUT2D eigenvalue weighted by molar-refractivity contribution is 5.66. The molecule has 0 amide bonds. The van der Waals surface area contributed by atoms with E-state index < -0.39 is 0 Å². The number of carbonyl (C=O) groups is 1. The highest BCUT2D eigenvalue weighted by Crippen LogP contribution is 2.71. The molecule has 12 atom stereocenters. The van der Waals surface area contributed by atoms with Crippen molar-refractivity contribution >= 4 is 5.97 Å². The normalized spacial score (nSPS) is 57.7. The molecule has 6 rings (SSSR count). The second-order valence-corrected chi connectivity index (χ2v) is 13.7. The number of ether oxygens (including phenoxy) is 3. The van der Waals surface area contributed by atoms with E-state index in [-0.39, 0.29) is 17.9 Å². The van der Waals surface area contributed by atoms with E-state index in [0.717, 1.165) is 49.5 Å². The van der Waals surface area contributed by atoms with Gasteiger partial charge in [0.2, 0.25) is 0 Å². The molecule has 2 heterocycles. The van der Waals surface area contributed by atoms with Crippen LogP contribution in [0.1, 0.15) is 98.8 Å². The number of carbonyl (C=O) groups excluding carboxylic acids is 1. The van der Waals surface area contributed by atoms with Gasteiger partial charge in [-0.2, -0.15) is 0 Å². The van der Waals surface area contributed by atoms with Crippen molar-refractivity contribution in [2.75, 3.05) is 6.61 Å². The van der Waals surface area contributed by atoms with E-state index in [2.05, 4.69) is 27.7 Å². The first-order valence-corrected chi connectivity index (χ1v) is 14.2. The van der Waals surface area contributed by atoms with Crippen LogP contribution < -0.4 is 0 Å². The molecule has 6 fully saturated rings. The summed E-state index contributed by atoms with van der Waals surface area (Å²) in [5, 5.41) is 0. The average Bonchev–Trinajstić information content (AvgIpc) is 3.21. The maximum atomic E-state index is 11.5. The smallest absolute Gasteiger partial charge is 0.302 e. The van der Waals surface area contributed by atoms with Crippen molar-refractivity contribution in [2.24, 2.45) is 52.3 Å². The van der Waals surface area contributed by atoms with E-state index in [4.69, 9.17) is 14.2 Å². The van der Waals surface area contributed by atoms with Crippen LogP contribution in [0.4, 0.5) is 0 Å². The van der Waals surface area contributed by atoms with Crippen LogP contribution in [0.25, 0.3) is 0 Å². The number of hydrogen-bond donors (Lipinski definition) is 0. The Hall–Kier alpha value is -0.610. The standard InChI is InChI=1S/C29H46O4/c1-17-8-13-29(31-16-17)18(2)26-25(33-29)15-24-22-7-6-20-14-21(32-19(3)30)9-11-27(20,4)23(22)10-12-28(24,26)5/h17-18,20-26H,6-16H2,1-5H3/t17?,18-,20+,21-,22?,23?,24?,25-,26?,27-,28-,29+/m0/s1. The summed E-state index contributed by atoms with van der Waals surface area (Å²) in [6.07, 6.45) is 12.9. The van der Waals surface area contributed by atoms with Crippen molar-refractivity contribution in [3.63, 3.8) is 0 Å². The van der Waals surface area contributed by atoms with E-state index in [9.17, 15) is 4.79 Å². The minimum Gasteiger partial charge on any atom is -0.463 e. The first kappa shape index (κ1) is 22.8. The molecule has 6 aliphatic rings. The van der Waals surface area contributed by atoms with Crippen molar-refractivity contribution in [3.05, 3.63) is 0 Å². The molecular formula is C29H46O4. The number of fused-ring (bicyclic) bond motifs is 7. The minimum atomic E-state index is -0.300. The van der Waals surface area contributed by atoms with Crippen LogP contribution in [-0.2, 0) is 19.0 Å². The number of rotatable bonds is 1. The van der Waals surface area contributed by atoms with Gasteiger partial charge in [-0.15, -0.1) is 0 Å². The molecule has 33 heavy (non-hydrogen) atoms. The summed E-state index contributed by atoms with van der Waals surface area (Å²) in [7, 11) is 0. The summed E-state index contributed by atoms with van der Waals surface area (Å²) < 4.78 is 19.1. The largest absolute Gasteiger partial charge is 0.463 e. The van der Waals surface area contributed by atoms with E-state index in [1.807, 2.05) is 0 Å². The molecule has 2 saturated heterocycles. The molecule has 0 aromatic rings. The Morgan fingerprint density at radius 2 is 1.70 bits per heavy atom. The Morgan fingerprint density at radius 1 is 0.909 bits per heavy atom. The van der Waals surface area contributed by atoms with Gasteiger partial charge in [0.1, 0.15) is 6.10 Å². The van der Waals surface area contributed by atoms with Gasteiger partial charge in [0.05, 0.1) is 12.7 Å². The zero-order valence-corrected chi connectivity index (χ0v) is 21.6. The van der Waals surface area contributed by atoms with Gasteiger partial charge in [0.25, 0.3) is 0 Å². The number of hydrogen-bond acceptors (Lipinski definition) is 4. The predicted octanol–water partition coefficient (Wildman–Crippen LogP) is 6.36. The highest BCUT2D eigenvalue weighted by Gasteiger charge is 2.69. The van der Waals surface area contributed by atoms with Gasteiger partial charge in [-0.05, 0) is 104 Å². The fraction of sp³-hybridized carbons (Fsp3) is 0.966. The first-order chi connectivity index (χ1) is 15.7. The van der Waals surface area contributed by atoms with Crippen LogP contribution in [0.3, 0.4) is 0 Å². The lowest BCUT2D eigenvalue weighted by atomic mass is 9.44. The Balaban J connectivity index is 1.21. The minimum absolute atomic E-state index is 0.105. The quantitative estimate of drug-likeness (QED) is 0.429. The van der Waals surface area contributed by atoms with Crippen LogP contribution >= 0.6 is 0 Å². The lowest BCUT2D eigenvalue weighted by molar-refractivity contribution is -0.273. The third kappa shape index (κ3) is 3.25. The Morgan fingerprint density at radius 3 is 2.42 bits per heavy atom. The lowest BCUT2D eigenvalue weighted by Crippen LogP contribution is -2.55. The van der Waals surface area contributed by atoms with Gasteiger partial charge >= 0.3 is 5.97 Å². The van der Waals surface area contributed by atoms with Crippen LogP contribution in [0, 0.1) is 52.3 Å². The fourth-order valence-corrected chi connectivity index (χ4v) is 10.6. The van der Waals surface area contributed by atoms with Crippen molar-refractivity contribution in [1.29, 1.82) is 0 Å². The topological polar surface area (TPSA) is 44.8 Å². The molecule has 0 radical (unpaired) electrons. The van der Waals surface area contributed by atoms with Crippen molar-refractivity contribution in [2.45, 2.75) is 117 Å². The van der Waals surface area contributed by atoms with Gasteiger partial charge in [-0.1, -0.05) is 27.7 Å². The summed E-state index contributed by atoms with van der Waals surface area (Å²) in [5.74, 6) is 4.63. The van der Waals surface area contributed by atoms with Gasteiger partial charge in [0.15, 0.2) is 5.79 Å². The monoisotopic (exact) mass is 458 g/mol. The van der Waals surface area contributed by atoms with Crippen LogP contribution in [-0.4, -0.2) is 30.6 Å². The maximum absolute atomic E-state index is 11.5. The lowest BCUT2D eigenvalue weighted by Gasteiger charge is -2.61. The molecule has 186 valence electrons. The molecule has 0 bridgehead atoms. The second kappa shape index (κ2) is 7.69. The van der Waals surface area contributed by atoms with Crippen LogP contribution in [0.5, 0.6) is 0 Å². The SMILES string of the molecule is CC(=O)O[C@H]1CC[C@]2(C)C3CC[C@@]4(C)C(C[C@@H]5O[C@]6(CCC(C)CO6)[C@@H](C)C54)C3CC[C@@H]2C1. The van der Waals surface area contributed by atoms with E-state index in [1.165, 1.54) is 44.9 Å². The summed E-state index contributed by atoms with van der Waals surface area (Å²) in [4.78, 5) is 11.5. The first-order valence-electron chi connectivity index (χ1n) is 14.2. The summed E-state index contributed by atoms with van der Waals surface area (Å²) in [6, 6.07) is 0. The van der Waals surface area contributed by atoms with Gasteiger partial charge in [-0.3, -0.25) is 4.79 Å². The van der Waals surface area contributed by atoms with Crippen LogP contribution in [0.2, 0.25) is 0 Å². The second-order valence-electron chi connectivity index (χ2n) is 13.7. The maximum Gasteiger partial charge on any atom is 0.302 e. The summed E-state index contributed by atoms with van der Waals surface area (Å²) in [5.41, 5.74) is 0.828. The molecule has 5 unspecified atom stereocenters. The number of esters is 1. The Bertz CT molecular complexity index is 786. The molecule has 0 aromatic heterocycles. The molecule has 0 N–H and O–H groups in total. The third-order valence-corrected chi connectivity index (χ3v) is 12.2. The summed E-state index contributed by atoms with van der Waals surface area (Å²) in [6.45, 7) is 12.4. The molecule has 4 nitrogen and oxygen atoms in total. The average molecular weight is 459 g/mol. The van der Waals surface area contributed by atoms with Gasteiger partial charge in [-0.25, -0.2) is 0 Å². The molecule has 2 aliphatic heterocycles. The van der Waals surface area contributed by atoms with Crippen molar-refractivity contribution < 1.29 is 19.0 Å². The molecule has 4 saturated carbocycles. The summed E-state index contributed by atoms with van der Waals surface area (Å²) >= 11 is 0. The predicted molar refractivity (Wildman–Crippen MR) is 127 cm³/mol. The third-order valence-electron chi connectivity index (χ3n) is 12.2. The highest BCUT2D eigenvalue weighted by atomic mass is 16.7. The molecule has 1 spiro atoms. The molecule has 4 heteroatoms. The van der Waals surface area contributed by atoms with E-state index in [1.54, 1.807) is 6.92 Å². The zero-order valence-electron chi connectivity index (χ0n) is 21.6. The van der Waals surface area contributed by atoms with Gasteiger partial charge in [0, 0.05) is 19.3 Å².